The predicted octanol–water partition coefficient (Wildman–Crippen LogP) is 0.500. The van der Waals surface area contributed by atoms with Crippen molar-refractivity contribution >= 4 is 29.7 Å². The van der Waals surface area contributed by atoms with E-state index in [9.17, 15) is 34.2 Å². The van der Waals surface area contributed by atoms with E-state index in [1.54, 1.807) is 13.8 Å². The van der Waals surface area contributed by atoms with Crippen LogP contribution in [0.15, 0.2) is 11.6 Å². The highest BCUT2D eigenvalue weighted by molar-refractivity contribution is 5.90. The molecule has 0 amide bonds. The van der Waals surface area contributed by atoms with E-state index < -0.39 is 82.5 Å². The Morgan fingerprint density at radius 1 is 1.10 bits per heavy atom. The smallest absolute Gasteiger partial charge is 0.348 e. The SMILES string of the molecule is COC(=O)CC1(C)C(C(C)=O)CC2OC(=O)C(OC(=O)/C=C(\C)C(C)C)C3C4(C(=O)OC)OCC23C1C(O)C4O. The average molecular weight is 567 g/mol. The monoisotopic (exact) mass is 566 g/mol. The maximum Gasteiger partial charge on any atom is 0.348 e. The van der Waals surface area contributed by atoms with Crippen LogP contribution < -0.4 is 0 Å². The fraction of sp³-hybridized carbons (Fsp3) is 0.750. The average Bonchev–Trinajstić information content (AvgIpc) is 3.19. The molecule has 10 atom stereocenters. The van der Waals surface area contributed by atoms with Crippen LogP contribution in [0.2, 0.25) is 0 Å². The van der Waals surface area contributed by atoms with Crippen LogP contribution in [0.3, 0.4) is 0 Å². The Morgan fingerprint density at radius 3 is 2.30 bits per heavy atom. The lowest BCUT2D eigenvalue weighted by atomic mass is 9.39. The Balaban J connectivity index is 1.95. The van der Waals surface area contributed by atoms with Crippen LogP contribution >= 0.6 is 0 Å². The third-order valence-electron chi connectivity index (χ3n) is 9.88. The molecule has 40 heavy (non-hydrogen) atoms. The highest BCUT2D eigenvalue weighted by atomic mass is 16.6. The lowest BCUT2D eigenvalue weighted by molar-refractivity contribution is -0.290. The van der Waals surface area contributed by atoms with Crippen molar-refractivity contribution in [2.24, 2.45) is 34.5 Å². The molecular formula is C28H38O12. The van der Waals surface area contributed by atoms with Gasteiger partial charge < -0.3 is 33.9 Å². The van der Waals surface area contributed by atoms with Gasteiger partial charge in [-0.3, -0.25) is 9.59 Å². The summed E-state index contributed by atoms with van der Waals surface area (Å²) in [6.07, 6.45) is -5.59. The number of aliphatic hydroxyl groups is 2. The zero-order valence-corrected chi connectivity index (χ0v) is 23.8. The van der Waals surface area contributed by atoms with Crippen molar-refractivity contribution in [3.63, 3.8) is 0 Å². The molecule has 12 nitrogen and oxygen atoms in total. The molecule has 2 aliphatic carbocycles. The molecule has 222 valence electrons. The zero-order chi connectivity index (χ0) is 29.9. The van der Waals surface area contributed by atoms with E-state index in [-0.39, 0.29) is 31.1 Å². The van der Waals surface area contributed by atoms with E-state index in [4.69, 9.17) is 23.7 Å². The Kier molecular flexibility index (Phi) is 7.70. The summed E-state index contributed by atoms with van der Waals surface area (Å²) in [7, 11) is 2.26. The Bertz CT molecular complexity index is 1140. The topological polar surface area (TPSA) is 172 Å². The van der Waals surface area contributed by atoms with Gasteiger partial charge in [-0.2, -0.15) is 0 Å². The number of hydrogen-bond donors (Lipinski definition) is 2. The summed E-state index contributed by atoms with van der Waals surface area (Å²) in [5, 5.41) is 23.3. The molecule has 1 spiro atoms. The number of rotatable bonds is 7. The molecule has 2 bridgehead atoms. The third kappa shape index (κ3) is 4.01. The van der Waals surface area contributed by atoms with E-state index in [0.29, 0.717) is 5.57 Å². The molecule has 0 aromatic rings. The Morgan fingerprint density at radius 2 is 1.75 bits per heavy atom. The van der Waals surface area contributed by atoms with E-state index in [1.807, 2.05) is 13.8 Å². The molecule has 4 aliphatic rings. The van der Waals surface area contributed by atoms with Gasteiger partial charge in [0.25, 0.3) is 0 Å². The van der Waals surface area contributed by atoms with E-state index >= 15 is 0 Å². The second-order valence-electron chi connectivity index (χ2n) is 12.1. The van der Waals surface area contributed by atoms with Crippen LogP contribution in [0.4, 0.5) is 0 Å². The molecule has 2 saturated heterocycles. The maximum atomic E-state index is 13.5. The van der Waals surface area contributed by atoms with Gasteiger partial charge in [-0.1, -0.05) is 26.3 Å². The van der Waals surface area contributed by atoms with Gasteiger partial charge in [-0.15, -0.1) is 0 Å². The quantitative estimate of drug-likeness (QED) is 0.249. The number of ether oxygens (including phenoxy) is 5. The molecule has 2 saturated carbocycles. The molecular weight excluding hydrogens is 528 g/mol. The van der Waals surface area contributed by atoms with Crippen molar-refractivity contribution in [1.29, 1.82) is 0 Å². The summed E-state index contributed by atoms with van der Waals surface area (Å²) in [6, 6.07) is 0. The molecule has 0 radical (unpaired) electrons. The van der Waals surface area contributed by atoms with Gasteiger partial charge in [0.2, 0.25) is 11.7 Å². The minimum atomic E-state index is -2.29. The van der Waals surface area contributed by atoms with Crippen LogP contribution in [0.25, 0.3) is 0 Å². The molecule has 4 rings (SSSR count). The normalized spacial score (nSPS) is 42.0. The van der Waals surface area contributed by atoms with Gasteiger partial charge in [0.05, 0.1) is 39.3 Å². The lowest BCUT2D eigenvalue weighted by Crippen LogP contribution is -2.79. The number of esters is 4. The largest absolute Gasteiger partial charge is 0.469 e. The number of carbonyl (C=O) groups excluding carboxylic acids is 5. The van der Waals surface area contributed by atoms with E-state index in [0.717, 1.165) is 7.11 Å². The lowest BCUT2D eigenvalue weighted by Gasteiger charge is -2.66. The fourth-order valence-electron chi connectivity index (χ4n) is 7.90. The van der Waals surface area contributed by atoms with Crippen LogP contribution in [0.1, 0.15) is 47.5 Å². The zero-order valence-electron chi connectivity index (χ0n) is 23.8. The molecule has 2 N–H and O–H groups in total. The summed E-state index contributed by atoms with van der Waals surface area (Å²) >= 11 is 0. The van der Waals surface area contributed by atoms with Crippen molar-refractivity contribution < 1.29 is 57.9 Å². The summed E-state index contributed by atoms with van der Waals surface area (Å²) in [6.45, 7) is 8.13. The minimum Gasteiger partial charge on any atom is -0.469 e. The van der Waals surface area contributed by atoms with Crippen LogP contribution in [0, 0.1) is 34.5 Å². The van der Waals surface area contributed by atoms with E-state index in [2.05, 4.69) is 0 Å². The van der Waals surface area contributed by atoms with Crippen molar-refractivity contribution in [1.82, 2.24) is 0 Å². The molecule has 10 unspecified atom stereocenters. The Labute approximate surface area is 232 Å². The summed E-state index contributed by atoms with van der Waals surface area (Å²) in [5.74, 6) is -7.23. The molecule has 0 aromatic carbocycles. The van der Waals surface area contributed by atoms with E-state index in [1.165, 1.54) is 20.1 Å². The van der Waals surface area contributed by atoms with Crippen molar-refractivity contribution in [2.45, 2.75) is 77.5 Å². The molecule has 2 aliphatic heterocycles. The van der Waals surface area contributed by atoms with Gasteiger partial charge in [0, 0.05) is 23.3 Å². The molecule has 2 heterocycles. The standard InChI is InChI=1S/C28H38O12/c1-12(2)13(3)8-17(30)40-20-22-27-11-38-28(22,25(35)37-7)23(33)19(32)21(27)26(5,10-18(31)36-6)15(14(4)29)9-16(27)39-24(20)34/h8,12,15-16,19-23,32-33H,9-11H2,1-7H3/b13-8+. The molecule has 4 fully saturated rings. The second kappa shape index (κ2) is 10.2. The number of aliphatic hydroxyl groups excluding tert-OH is 2. The number of allylic oxidation sites excluding steroid dienone is 1. The highest BCUT2D eigenvalue weighted by Crippen LogP contribution is 2.71. The van der Waals surface area contributed by atoms with Crippen molar-refractivity contribution in [3.8, 4) is 0 Å². The van der Waals surface area contributed by atoms with Crippen molar-refractivity contribution in [3.05, 3.63) is 11.6 Å². The minimum absolute atomic E-state index is 0.00618. The number of methoxy groups -OCH3 is 2. The van der Waals surface area contributed by atoms with Gasteiger partial charge in [0.1, 0.15) is 18.0 Å². The highest BCUT2D eigenvalue weighted by Gasteiger charge is 2.85. The first kappa shape index (κ1) is 30.1. The third-order valence-corrected chi connectivity index (χ3v) is 9.88. The second-order valence-corrected chi connectivity index (χ2v) is 12.1. The van der Waals surface area contributed by atoms with Gasteiger partial charge in [0.15, 0.2) is 0 Å². The number of ketones is 1. The molecule has 12 heteroatoms. The van der Waals surface area contributed by atoms with Gasteiger partial charge in [-0.05, 0) is 31.6 Å². The van der Waals surface area contributed by atoms with Crippen LogP contribution in [-0.4, -0.2) is 90.7 Å². The predicted molar refractivity (Wildman–Crippen MR) is 134 cm³/mol. The van der Waals surface area contributed by atoms with Crippen LogP contribution in [-0.2, 0) is 47.7 Å². The first-order valence-electron chi connectivity index (χ1n) is 13.4. The van der Waals surface area contributed by atoms with Gasteiger partial charge >= 0.3 is 23.9 Å². The first-order valence-corrected chi connectivity index (χ1v) is 13.4. The van der Waals surface area contributed by atoms with Crippen molar-refractivity contribution in [2.75, 3.05) is 20.8 Å². The number of carbonyl (C=O) groups is 5. The number of Topliss-reactive ketones (excluding diaryl/α,β-unsaturated/α-hetero) is 1. The summed E-state index contributed by atoms with van der Waals surface area (Å²) in [5.41, 5.74) is -4.37. The van der Waals surface area contributed by atoms with Gasteiger partial charge in [-0.25, -0.2) is 14.4 Å². The van der Waals surface area contributed by atoms with Crippen LogP contribution in [0.5, 0.6) is 0 Å². The summed E-state index contributed by atoms with van der Waals surface area (Å²) in [4.78, 5) is 65.5. The fourth-order valence-corrected chi connectivity index (χ4v) is 7.90. The summed E-state index contributed by atoms with van der Waals surface area (Å²) < 4.78 is 27.5. The molecule has 0 aromatic heterocycles. The Hall–Kier alpha value is -2.83. The number of hydrogen-bond acceptors (Lipinski definition) is 12. The maximum absolute atomic E-state index is 13.5. The first-order chi connectivity index (χ1) is 18.6.